The van der Waals surface area contributed by atoms with Gasteiger partial charge in [0.25, 0.3) is 11.8 Å². The first kappa shape index (κ1) is 14.4. The van der Waals surface area contributed by atoms with Crippen molar-refractivity contribution in [3.05, 3.63) is 0 Å². The summed E-state index contributed by atoms with van der Waals surface area (Å²) in [6, 6.07) is 0. The number of carbonyl (C=O) groups is 3. The number of nitrogens with one attached hydrogen (secondary N) is 3. The molecule has 0 aromatic carbocycles. The quantitative estimate of drug-likeness (QED) is 0.471. The number of hydrazine groups is 1. The Kier molecular flexibility index (Phi) is 7.31. The predicted molar refractivity (Wildman–Crippen MR) is 61.5 cm³/mol. The molecule has 0 fully saturated rings. The Balaban J connectivity index is 3.71. The Bertz CT molecular complexity index is 260. The van der Waals surface area contributed by atoms with Crippen LogP contribution in [0, 0.1) is 0 Å². The number of rotatable bonds is 4. The Morgan fingerprint density at radius 1 is 1.27 bits per heavy atom. The van der Waals surface area contributed by atoms with Gasteiger partial charge in [-0.15, -0.1) is 0 Å². The normalized spacial score (nSPS) is 11.4. The van der Waals surface area contributed by atoms with Gasteiger partial charge >= 0.3 is 0 Å². The number of halogens is 2. The maximum absolute atomic E-state index is 11.1. The molecular formula is C7H11Br2N3O3. The highest BCUT2D eigenvalue weighted by molar-refractivity contribution is 9.12. The van der Waals surface area contributed by atoms with Crippen molar-refractivity contribution in [1.29, 1.82) is 0 Å². The predicted octanol–water partition coefficient (Wildman–Crippen LogP) is -0.572. The van der Waals surface area contributed by atoms with Gasteiger partial charge in [0.15, 0.2) is 0 Å². The lowest BCUT2D eigenvalue weighted by Crippen LogP contribution is -2.48. The lowest BCUT2D eigenvalue weighted by molar-refractivity contribution is -0.129. The van der Waals surface area contributed by atoms with Crippen LogP contribution in [0.4, 0.5) is 0 Å². The minimum Gasteiger partial charge on any atom is -0.347 e. The van der Waals surface area contributed by atoms with Crippen LogP contribution in [0.1, 0.15) is 6.92 Å². The van der Waals surface area contributed by atoms with Crippen molar-refractivity contribution in [1.82, 2.24) is 16.2 Å². The Hall–Kier alpha value is -0.630. The molecule has 0 spiro atoms. The van der Waals surface area contributed by atoms with Gasteiger partial charge in [0.2, 0.25) is 5.91 Å². The summed E-state index contributed by atoms with van der Waals surface area (Å²) < 4.78 is 0. The van der Waals surface area contributed by atoms with E-state index in [0.29, 0.717) is 5.33 Å². The van der Waals surface area contributed by atoms with Crippen LogP contribution in [0.3, 0.4) is 0 Å². The third-order valence-corrected chi connectivity index (χ3v) is 3.50. The summed E-state index contributed by atoms with van der Waals surface area (Å²) in [7, 11) is 0. The highest BCUT2D eigenvalue weighted by Gasteiger charge is 2.13. The first-order chi connectivity index (χ1) is 6.97. The van der Waals surface area contributed by atoms with Crippen molar-refractivity contribution in [3.63, 3.8) is 0 Å². The lowest BCUT2D eigenvalue weighted by Gasteiger charge is -2.09. The molecule has 1 atom stereocenters. The molecule has 0 aliphatic rings. The molecule has 3 amide bonds. The monoisotopic (exact) mass is 343 g/mol. The molecule has 1 unspecified atom stereocenters. The van der Waals surface area contributed by atoms with Gasteiger partial charge in [0, 0.05) is 12.3 Å². The zero-order valence-electron chi connectivity index (χ0n) is 7.97. The van der Waals surface area contributed by atoms with E-state index in [0.717, 1.165) is 0 Å². The summed E-state index contributed by atoms with van der Waals surface area (Å²) in [5.74, 6) is -1.17. The van der Waals surface area contributed by atoms with E-state index in [-0.39, 0.29) is 18.4 Å². The van der Waals surface area contributed by atoms with Crippen LogP contribution in [-0.2, 0) is 14.4 Å². The maximum atomic E-state index is 11.1. The maximum Gasteiger partial charge on any atom is 0.257 e. The van der Waals surface area contributed by atoms with Crippen LogP contribution in [0.5, 0.6) is 0 Å². The van der Waals surface area contributed by atoms with E-state index in [2.05, 4.69) is 48.0 Å². The van der Waals surface area contributed by atoms with Gasteiger partial charge in [-0.05, 0) is 0 Å². The summed E-state index contributed by atoms with van der Waals surface area (Å²) in [5, 5.41) is 2.72. The molecule has 0 heterocycles. The molecule has 86 valence electrons. The van der Waals surface area contributed by atoms with Gasteiger partial charge in [-0.2, -0.15) is 0 Å². The van der Waals surface area contributed by atoms with Gasteiger partial charge in [0.1, 0.15) is 4.83 Å². The van der Waals surface area contributed by atoms with E-state index in [1.807, 2.05) is 0 Å². The van der Waals surface area contributed by atoms with E-state index < -0.39 is 10.7 Å². The van der Waals surface area contributed by atoms with E-state index >= 15 is 0 Å². The fourth-order valence-corrected chi connectivity index (χ4v) is 0.937. The van der Waals surface area contributed by atoms with Crippen LogP contribution < -0.4 is 16.2 Å². The van der Waals surface area contributed by atoms with Crippen LogP contribution in [0.25, 0.3) is 0 Å². The van der Waals surface area contributed by atoms with Crippen LogP contribution >= 0.6 is 31.9 Å². The van der Waals surface area contributed by atoms with Gasteiger partial charge in [-0.25, -0.2) is 0 Å². The highest BCUT2D eigenvalue weighted by atomic mass is 79.9. The standard InChI is InChI=1S/C7H11Br2N3O3/c1-4(13)10-3-6(14)11-12-7(15)5(9)2-8/h5H,2-3H2,1H3,(H,10,13)(H,11,14)(H,12,15). The molecule has 3 N–H and O–H groups in total. The molecular weight excluding hydrogens is 334 g/mol. The van der Waals surface area contributed by atoms with Crippen molar-refractivity contribution in [3.8, 4) is 0 Å². The topological polar surface area (TPSA) is 87.3 Å². The second kappa shape index (κ2) is 7.63. The fraction of sp³-hybridized carbons (Fsp3) is 0.571. The SMILES string of the molecule is CC(=O)NCC(=O)NNC(=O)C(Br)CBr. The first-order valence-corrected chi connectivity index (χ1v) is 6.04. The van der Waals surface area contributed by atoms with E-state index in [9.17, 15) is 14.4 Å². The molecule has 0 rings (SSSR count). The Morgan fingerprint density at radius 2 is 1.87 bits per heavy atom. The second-order valence-corrected chi connectivity index (χ2v) is 4.32. The molecule has 0 saturated heterocycles. The van der Waals surface area contributed by atoms with Crippen molar-refractivity contribution in [2.45, 2.75) is 11.8 Å². The minimum absolute atomic E-state index is 0.170. The van der Waals surface area contributed by atoms with Crippen molar-refractivity contribution in [2.75, 3.05) is 11.9 Å². The van der Waals surface area contributed by atoms with E-state index in [1.165, 1.54) is 6.92 Å². The third kappa shape index (κ3) is 7.32. The Labute approximate surface area is 104 Å². The van der Waals surface area contributed by atoms with Crippen molar-refractivity contribution < 1.29 is 14.4 Å². The third-order valence-electron chi connectivity index (χ3n) is 1.24. The van der Waals surface area contributed by atoms with Crippen molar-refractivity contribution in [2.24, 2.45) is 0 Å². The summed E-state index contributed by atoms with van der Waals surface area (Å²) in [4.78, 5) is 32.2. The largest absolute Gasteiger partial charge is 0.347 e. The summed E-state index contributed by atoms with van der Waals surface area (Å²) >= 11 is 6.17. The number of alkyl halides is 2. The second-order valence-electron chi connectivity index (χ2n) is 2.57. The van der Waals surface area contributed by atoms with E-state index in [4.69, 9.17) is 0 Å². The van der Waals surface area contributed by atoms with Crippen LogP contribution in [0.15, 0.2) is 0 Å². The average Bonchev–Trinajstić information content (AvgIpc) is 2.21. The lowest BCUT2D eigenvalue weighted by atomic mass is 10.5. The smallest absolute Gasteiger partial charge is 0.257 e. The van der Waals surface area contributed by atoms with Gasteiger partial charge in [0.05, 0.1) is 6.54 Å². The summed E-state index contributed by atoms with van der Waals surface area (Å²) in [6.45, 7) is 1.13. The molecule has 0 aliphatic heterocycles. The van der Waals surface area contributed by atoms with Gasteiger partial charge in [-0.3, -0.25) is 25.2 Å². The van der Waals surface area contributed by atoms with Gasteiger partial charge < -0.3 is 5.32 Å². The highest BCUT2D eigenvalue weighted by Crippen LogP contribution is 2.02. The van der Waals surface area contributed by atoms with Gasteiger partial charge in [-0.1, -0.05) is 31.9 Å². The molecule has 0 aromatic heterocycles. The zero-order valence-corrected chi connectivity index (χ0v) is 11.1. The molecule has 0 aliphatic carbocycles. The molecule has 0 radical (unpaired) electrons. The van der Waals surface area contributed by atoms with Crippen LogP contribution in [0.2, 0.25) is 0 Å². The molecule has 6 nitrogen and oxygen atoms in total. The fourth-order valence-electron chi connectivity index (χ4n) is 0.529. The molecule has 0 aromatic rings. The average molecular weight is 345 g/mol. The van der Waals surface area contributed by atoms with Crippen molar-refractivity contribution >= 4 is 49.6 Å². The number of amides is 3. The summed E-state index contributed by atoms with van der Waals surface area (Å²) in [5.41, 5.74) is 4.34. The molecule has 0 saturated carbocycles. The number of carbonyl (C=O) groups excluding carboxylic acids is 3. The Morgan fingerprint density at radius 3 is 2.33 bits per heavy atom. The minimum atomic E-state index is -0.493. The molecule has 8 heteroatoms. The number of hydrogen-bond acceptors (Lipinski definition) is 3. The molecule has 0 bridgehead atoms. The number of hydrogen-bond donors (Lipinski definition) is 3. The molecule has 15 heavy (non-hydrogen) atoms. The zero-order chi connectivity index (χ0) is 11.8. The first-order valence-electron chi connectivity index (χ1n) is 4.00. The van der Waals surface area contributed by atoms with Crippen LogP contribution in [-0.4, -0.2) is 34.4 Å². The van der Waals surface area contributed by atoms with E-state index in [1.54, 1.807) is 0 Å². The summed E-state index contributed by atoms with van der Waals surface area (Å²) in [6.07, 6.45) is 0.